The maximum Gasteiger partial charge on any atom is 0.333 e. The van der Waals surface area contributed by atoms with Gasteiger partial charge < -0.3 is 10.1 Å². The van der Waals surface area contributed by atoms with Crippen molar-refractivity contribution in [3.63, 3.8) is 0 Å². The minimum absolute atomic E-state index is 0.204. The minimum atomic E-state index is -0.850. The van der Waals surface area contributed by atoms with Gasteiger partial charge in [0.15, 0.2) is 6.04 Å². The van der Waals surface area contributed by atoms with Gasteiger partial charge in [0.25, 0.3) is 0 Å². The van der Waals surface area contributed by atoms with E-state index >= 15 is 0 Å². The van der Waals surface area contributed by atoms with Crippen LogP contribution in [0.2, 0.25) is 0 Å². The Morgan fingerprint density at radius 3 is 2.75 bits per heavy atom. The van der Waals surface area contributed by atoms with Crippen LogP contribution in [-0.2, 0) is 20.9 Å². The monoisotopic (exact) mass is 270 g/mol. The molecule has 0 spiro atoms. The van der Waals surface area contributed by atoms with Crippen molar-refractivity contribution in [2.24, 2.45) is 4.99 Å². The minimum Gasteiger partial charge on any atom is -0.467 e. The van der Waals surface area contributed by atoms with Gasteiger partial charge >= 0.3 is 5.97 Å². The standard InChI is InChI=1S/C15H14N2O3/c1-20-15(19)14-12(10-18)7-8-13(17-14)16-9-11-5-3-2-4-6-11/h2-8,14H,9H2,1H3,(H,16,17). The summed E-state index contributed by atoms with van der Waals surface area (Å²) >= 11 is 0. The fraction of sp³-hybridized carbons (Fsp3) is 0.200. The molecule has 0 radical (unpaired) electrons. The molecule has 0 saturated carbocycles. The predicted octanol–water partition coefficient (Wildman–Crippen LogP) is 1.04. The molecule has 0 saturated heterocycles. The first-order valence-corrected chi connectivity index (χ1v) is 6.10. The van der Waals surface area contributed by atoms with Gasteiger partial charge in [-0.15, -0.1) is 0 Å². The summed E-state index contributed by atoms with van der Waals surface area (Å²) in [5, 5.41) is 2.86. The Labute approximate surface area is 116 Å². The predicted molar refractivity (Wildman–Crippen MR) is 74.9 cm³/mol. The Morgan fingerprint density at radius 2 is 2.10 bits per heavy atom. The number of carbonyl (C=O) groups is 1. The molecule has 1 N–H and O–H groups in total. The summed E-state index contributed by atoms with van der Waals surface area (Å²) in [6.07, 6.45) is 3.16. The zero-order valence-corrected chi connectivity index (χ0v) is 11.0. The molecular formula is C15H14N2O3. The van der Waals surface area contributed by atoms with Crippen LogP contribution >= 0.6 is 0 Å². The summed E-state index contributed by atoms with van der Waals surface area (Å²) in [5.41, 5.74) is 1.26. The second kappa shape index (κ2) is 6.50. The molecule has 2 rings (SSSR count). The van der Waals surface area contributed by atoms with Crippen LogP contribution in [0.5, 0.6) is 0 Å². The maximum atomic E-state index is 11.6. The molecule has 5 heteroatoms. The van der Waals surface area contributed by atoms with Crippen LogP contribution in [0.3, 0.4) is 0 Å². The Bertz CT molecular complexity index is 599. The molecule has 1 heterocycles. The van der Waals surface area contributed by atoms with Gasteiger partial charge in [0.1, 0.15) is 11.8 Å². The van der Waals surface area contributed by atoms with E-state index in [1.807, 2.05) is 30.3 Å². The third-order valence-electron chi connectivity index (χ3n) is 2.85. The van der Waals surface area contributed by atoms with Gasteiger partial charge in [0, 0.05) is 0 Å². The molecule has 0 bridgehead atoms. The summed E-state index contributed by atoms with van der Waals surface area (Å²) in [6, 6.07) is 8.88. The summed E-state index contributed by atoms with van der Waals surface area (Å²) < 4.78 is 4.64. The Hall–Kier alpha value is -2.65. The van der Waals surface area contributed by atoms with E-state index in [0.29, 0.717) is 12.4 Å². The lowest BCUT2D eigenvalue weighted by molar-refractivity contribution is -0.141. The number of benzene rings is 1. The van der Waals surface area contributed by atoms with Gasteiger partial charge in [-0.3, -0.25) is 4.99 Å². The largest absolute Gasteiger partial charge is 0.467 e. The number of esters is 1. The molecule has 0 amide bonds. The number of aliphatic imine (C=N–C) groups is 1. The molecule has 1 aliphatic heterocycles. The lowest BCUT2D eigenvalue weighted by Crippen LogP contribution is -2.44. The van der Waals surface area contributed by atoms with Gasteiger partial charge in [-0.2, -0.15) is 0 Å². The molecule has 1 atom stereocenters. The van der Waals surface area contributed by atoms with Gasteiger partial charge in [-0.05, 0) is 17.7 Å². The van der Waals surface area contributed by atoms with E-state index in [4.69, 9.17) is 0 Å². The van der Waals surface area contributed by atoms with Crippen LogP contribution in [0, 0.1) is 0 Å². The fourth-order valence-corrected chi connectivity index (χ4v) is 1.79. The molecule has 1 aromatic rings. The number of methoxy groups -OCH3 is 1. The smallest absolute Gasteiger partial charge is 0.333 e. The highest BCUT2D eigenvalue weighted by molar-refractivity contribution is 6.01. The number of rotatable bonds is 3. The van der Waals surface area contributed by atoms with E-state index in [2.05, 4.69) is 15.0 Å². The molecule has 102 valence electrons. The van der Waals surface area contributed by atoms with E-state index in [0.717, 1.165) is 5.56 Å². The average Bonchev–Trinajstić information content (AvgIpc) is 2.52. The molecule has 1 aliphatic rings. The zero-order chi connectivity index (χ0) is 14.4. The van der Waals surface area contributed by atoms with Crippen LogP contribution in [0.15, 0.2) is 53.0 Å². The van der Waals surface area contributed by atoms with E-state index in [1.165, 1.54) is 13.2 Å². The van der Waals surface area contributed by atoms with Crippen molar-refractivity contribution in [3.8, 4) is 0 Å². The lowest BCUT2D eigenvalue weighted by Gasteiger charge is -2.20. The van der Waals surface area contributed by atoms with Crippen molar-refractivity contribution in [2.75, 3.05) is 7.11 Å². The second-order valence-electron chi connectivity index (χ2n) is 4.18. The van der Waals surface area contributed by atoms with E-state index in [1.54, 1.807) is 12.0 Å². The molecule has 20 heavy (non-hydrogen) atoms. The van der Waals surface area contributed by atoms with E-state index in [-0.39, 0.29) is 5.57 Å². The van der Waals surface area contributed by atoms with Crippen molar-refractivity contribution < 1.29 is 14.3 Å². The number of hydrogen-bond acceptors (Lipinski definition) is 4. The third-order valence-corrected chi connectivity index (χ3v) is 2.85. The fourth-order valence-electron chi connectivity index (χ4n) is 1.79. The summed E-state index contributed by atoms with van der Waals surface area (Å²) in [4.78, 5) is 26.7. The number of ether oxygens (including phenoxy) is 1. The Balaban J connectivity index is 2.14. The Morgan fingerprint density at radius 1 is 1.35 bits per heavy atom. The highest BCUT2D eigenvalue weighted by Gasteiger charge is 2.26. The SMILES string of the molecule is COC(=O)C1NC(=NCc2ccccc2)C=CC1=C=O. The van der Waals surface area contributed by atoms with E-state index < -0.39 is 12.0 Å². The van der Waals surface area contributed by atoms with Crippen molar-refractivity contribution in [3.05, 3.63) is 53.6 Å². The molecular weight excluding hydrogens is 256 g/mol. The normalized spacial score (nSPS) is 19.4. The lowest BCUT2D eigenvalue weighted by atomic mass is 10.1. The van der Waals surface area contributed by atoms with Crippen LogP contribution in [0.1, 0.15) is 5.56 Å². The van der Waals surface area contributed by atoms with Gasteiger partial charge in [0.05, 0.1) is 19.2 Å². The first-order chi connectivity index (χ1) is 9.74. The maximum absolute atomic E-state index is 11.6. The molecule has 0 aromatic heterocycles. The van der Waals surface area contributed by atoms with Crippen molar-refractivity contribution in [1.82, 2.24) is 5.32 Å². The molecule has 0 fully saturated rings. The van der Waals surface area contributed by atoms with Crippen LogP contribution in [-0.4, -0.2) is 30.9 Å². The van der Waals surface area contributed by atoms with Crippen LogP contribution in [0.25, 0.3) is 0 Å². The second-order valence-corrected chi connectivity index (χ2v) is 4.18. The van der Waals surface area contributed by atoms with Crippen LogP contribution in [0.4, 0.5) is 0 Å². The molecule has 5 nitrogen and oxygen atoms in total. The summed E-state index contributed by atoms with van der Waals surface area (Å²) in [7, 11) is 1.27. The number of nitrogens with zero attached hydrogens (tertiary/aromatic N) is 1. The first kappa shape index (κ1) is 13.8. The number of nitrogens with one attached hydrogen (secondary N) is 1. The number of amidine groups is 1. The van der Waals surface area contributed by atoms with E-state index in [9.17, 15) is 9.59 Å². The Kier molecular flexibility index (Phi) is 4.47. The molecule has 1 unspecified atom stereocenters. The summed E-state index contributed by atoms with van der Waals surface area (Å²) in [6.45, 7) is 0.488. The topological polar surface area (TPSA) is 67.8 Å². The molecule has 1 aromatic carbocycles. The highest BCUT2D eigenvalue weighted by Crippen LogP contribution is 2.09. The van der Waals surface area contributed by atoms with Crippen molar-refractivity contribution in [1.29, 1.82) is 0 Å². The summed E-state index contributed by atoms with van der Waals surface area (Å²) in [5.74, 6) is 1.71. The van der Waals surface area contributed by atoms with Crippen LogP contribution < -0.4 is 5.32 Å². The van der Waals surface area contributed by atoms with Gasteiger partial charge in [0.2, 0.25) is 0 Å². The van der Waals surface area contributed by atoms with Crippen molar-refractivity contribution in [2.45, 2.75) is 12.6 Å². The average molecular weight is 270 g/mol. The van der Waals surface area contributed by atoms with Crippen molar-refractivity contribution >= 4 is 17.7 Å². The third kappa shape index (κ3) is 3.22. The quantitative estimate of drug-likeness (QED) is 0.658. The number of hydrogen-bond donors (Lipinski definition) is 1. The first-order valence-electron chi connectivity index (χ1n) is 6.10. The zero-order valence-electron chi connectivity index (χ0n) is 11.0. The highest BCUT2D eigenvalue weighted by atomic mass is 16.5. The van der Waals surface area contributed by atoms with Gasteiger partial charge in [-0.1, -0.05) is 30.3 Å². The number of carbonyl (C=O) groups excluding carboxylic acids is 2. The van der Waals surface area contributed by atoms with Gasteiger partial charge in [-0.25, -0.2) is 9.59 Å². The molecule has 0 aliphatic carbocycles.